The standard InChI is InChI=1S/C18H19FN2O3/c19-14-6-4-13(5-7-14)17-3-1-2-15(20-17)11-21-8-9-24-16(12-21)10-18(22)23/h1-7,16H,8-12H2,(H,22,23). The van der Waals surface area contributed by atoms with E-state index in [0.717, 1.165) is 23.5 Å². The zero-order valence-corrected chi connectivity index (χ0v) is 13.2. The third-order valence-electron chi connectivity index (χ3n) is 3.96. The van der Waals surface area contributed by atoms with Crippen LogP contribution in [0.5, 0.6) is 0 Å². The van der Waals surface area contributed by atoms with Gasteiger partial charge in [0.2, 0.25) is 0 Å². The van der Waals surface area contributed by atoms with Crippen LogP contribution in [0, 0.1) is 5.82 Å². The molecule has 1 N–H and O–H groups in total. The summed E-state index contributed by atoms with van der Waals surface area (Å²) < 4.78 is 18.5. The molecular formula is C18H19FN2O3. The van der Waals surface area contributed by atoms with Gasteiger partial charge in [0, 0.05) is 25.2 Å². The number of hydrogen-bond donors (Lipinski definition) is 1. The topological polar surface area (TPSA) is 62.7 Å². The van der Waals surface area contributed by atoms with Crippen LogP contribution in [0.2, 0.25) is 0 Å². The highest BCUT2D eigenvalue weighted by atomic mass is 19.1. The lowest BCUT2D eigenvalue weighted by Gasteiger charge is -2.32. The Morgan fingerprint density at radius 2 is 2.08 bits per heavy atom. The summed E-state index contributed by atoms with van der Waals surface area (Å²) in [5.74, 6) is -1.12. The van der Waals surface area contributed by atoms with Gasteiger partial charge in [0.25, 0.3) is 0 Å². The van der Waals surface area contributed by atoms with Crippen molar-refractivity contribution >= 4 is 5.97 Å². The summed E-state index contributed by atoms with van der Waals surface area (Å²) >= 11 is 0. The van der Waals surface area contributed by atoms with Gasteiger partial charge in [0.1, 0.15) is 5.82 Å². The number of hydrogen-bond acceptors (Lipinski definition) is 4. The first kappa shape index (κ1) is 16.5. The first-order chi connectivity index (χ1) is 11.6. The molecule has 2 heterocycles. The van der Waals surface area contributed by atoms with Crippen LogP contribution >= 0.6 is 0 Å². The Kier molecular flexibility index (Phi) is 5.17. The minimum Gasteiger partial charge on any atom is -0.481 e. The Morgan fingerprint density at radius 1 is 1.29 bits per heavy atom. The van der Waals surface area contributed by atoms with Gasteiger partial charge in [-0.05, 0) is 36.4 Å². The Morgan fingerprint density at radius 3 is 2.83 bits per heavy atom. The van der Waals surface area contributed by atoms with Crippen LogP contribution < -0.4 is 0 Å². The number of aliphatic carboxylic acids is 1. The summed E-state index contributed by atoms with van der Waals surface area (Å²) in [6, 6.07) is 12.0. The van der Waals surface area contributed by atoms with E-state index in [4.69, 9.17) is 9.84 Å². The highest BCUT2D eigenvalue weighted by Gasteiger charge is 2.23. The minimum atomic E-state index is -0.849. The van der Waals surface area contributed by atoms with Crippen molar-refractivity contribution in [1.82, 2.24) is 9.88 Å². The van der Waals surface area contributed by atoms with Crippen molar-refractivity contribution < 1.29 is 19.0 Å². The summed E-state index contributed by atoms with van der Waals surface area (Å²) in [6.45, 7) is 2.48. The Labute approximate surface area is 139 Å². The molecule has 1 aromatic heterocycles. The van der Waals surface area contributed by atoms with Gasteiger partial charge in [-0.1, -0.05) is 6.07 Å². The van der Waals surface area contributed by atoms with E-state index in [1.54, 1.807) is 12.1 Å². The van der Waals surface area contributed by atoms with Gasteiger partial charge < -0.3 is 9.84 Å². The van der Waals surface area contributed by atoms with Crippen molar-refractivity contribution in [3.63, 3.8) is 0 Å². The first-order valence-corrected chi connectivity index (χ1v) is 7.88. The summed E-state index contributed by atoms with van der Waals surface area (Å²) in [7, 11) is 0. The van der Waals surface area contributed by atoms with E-state index in [1.807, 2.05) is 18.2 Å². The van der Waals surface area contributed by atoms with Gasteiger partial charge in [-0.3, -0.25) is 14.7 Å². The molecule has 0 bridgehead atoms. The molecule has 1 aromatic carbocycles. The zero-order chi connectivity index (χ0) is 16.9. The second-order valence-corrected chi connectivity index (χ2v) is 5.85. The van der Waals surface area contributed by atoms with Gasteiger partial charge >= 0.3 is 5.97 Å². The molecule has 0 spiro atoms. The maximum atomic E-state index is 13.0. The van der Waals surface area contributed by atoms with Crippen molar-refractivity contribution in [3.05, 3.63) is 54.0 Å². The summed E-state index contributed by atoms with van der Waals surface area (Å²) in [5, 5.41) is 8.89. The number of carbonyl (C=O) groups is 1. The average Bonchev–Trinajstić information content (AvgIpc) is 2.55. The van der Waals surface area contributed by atoms with Gasteiger partial charge in [-0.25, -0.2) is 4.39 Å². The molecule has 0 amide bonds. The highest BCUT2D eigenvalue weighted by Crippen LogP contribution is 2.19. The molecule has 1 unspecified atom stereocenters. The summed E-state index contributed by atoms with van der Waals surface area (Å²) in [5.41, 5.74) is 2.56. The van der Waals surface area contributed by atoms with Crippen molar-refractivity contribution in [2.45, 2.75) is 19.1 Å². The van der Waals surface area contributed by atoms with Crippen LogP contribution in [0.4, 0.5) is 4.39 Å². The maximum absolute atomic E-state index is 13.0. The van der Waals surface area contributed by atoms with Crippen molar-refractivity contribution in [2.75, 3.05) is 19.7 Å². The molecule has 1 fully saturated rings. The second-order valence-electron chi connectivity index (χ2n) is 5.85. The summed E-state index contributed by atoms with van der Waals surface area (Å²) in [4.78, 5) is 17.6. The van der Waals surface area contributed by atoms with Gasteiger partial charge in [-0.15, -0.1) is 0 Å². The fourth-order valence-electron chi connectivity index (χ4n) is 2.82. The third kappa shape index (κ3) is 4.37. The van der Waals surface area contributed by atoms with Crippen molar-refractivity contribution in [1.29, 1.82) is 0 Å². The van der Waals surface area contributed by atoms with Crippen LogP contribution in [-0.2, 0) is 16.1 Å². The van der Waals surface area contributed by atoms with Crippen LogP contribution in [0.1, 0.15) is 12.1 Å². The molecule has 1 aliphatic heterocycles. The number of rotatable bonds is 5. The number of carboxylic acid groups (broad SMARTS) is 1. The molecule has 0 saturated carbocycles. The fraction of sp³-hybridized carbons (Fsp3) is 0.333. The number of morpholine rings is 1. The molecule has 126 valence electrons. The molecule has 0 aliphatic carbocycles. The monoisotopic (exact) mass is 330 g/mol. The molecule has 1 atom stereocenters. The Bertz CT molecular complexity index is 706. The molecule has 1 aliphatic rings. The van der Waals surface area contributed by atoms with Gasteiger partial charge in [0.15, 0.2) is 0 Å². The molecule has 6 heteroatoms. The number of ether oxygens (including phenoxy) is 1. The number of nitrogens with zero attached hydrogens (tertiary/aromatic N) is 2. The third-order valence-corrected chi connectivity index (χ3v) is 3.96. The van der Waals surface area contributed by atoms with Crippen molar-refractivity contribution in [3.8, 4) is 11.3 Å². The molecule has 2 aromatic rings. The molecule has 24 heavy (non-hydrogen) atoms. The highest BCUT2D eigenvalue weighted by molar-refractivity contribution is 5.67. The van der Waals surface area contributed by atoms with E-state index >= 15 is 0 Å². The smallest absolute Gasteiger partial charge is 0.306 e. The Hall–Kier alpha value is -2.31. The lowest BCUT2D eigenvalue weighted by Crippen LogP contribution is -2.42. The SMILES string of the molecule is O=C(O)CC1CN(Cc2cccc(-c3ccc(F)cc3)n2)CCO1. The predicted molar refractivity (Wildman–Crippen MR) is 86.9 cm³/mol. The van der Waals surface area contributed by atoms with E-state index < -0.39 is 5.97 Å². The zero-order valence-electron chi connectivity index (χ0n) is 13.2. The molecule has 1 saturated heterocycles. The lowest BCUT2D eigenvalue weighted by atomic mass is 10.1. The van der Waals surface area contributed by atoms with E-state index in [2.05, 4.69) is 9.88 Å². The minimum absolute atomic E-state index is 0.0134. The van der Waals surface area contributed by atoms with E-state index in [9.17, 15) is 9.18 Å². The number of pyridine rings is 1. The van der Waals surface area contributed by atoms with Crippen LogP contribution in [0.3, 0.4) is 0 Å². The largest absolute Gasteiger partial charge is 0.481 e. The van der Waals surface area contributed by atoms with Crippen LogP contribution in [0.25, 0.3) is 11.3 Å². The van der Waals surface area contributed by atoms with E-state index in [0.29, 0.717) is 19.7 Å². The summed E-state index contributed by atoms with van der Waals surface area (Å²) in [6.07, 6.45) is -0.268. The number of carboxylic acids is 1. The Balaban J connectivity index is 1.68. The molecule has 3 rings (SSSR count). The fourth-order valence-corrected chi connectivity index (χ4v) is 2.82. The second kappa shape index (κ2) is 7.51. The molecular weight excluding hydrogens is 311 g/mol. The number of benzene rings is 1. The molecule has 5 nitrogen and oxygen atoms in total. The van der Waals surface area contributed by atoms with Crippen LogP contribution in [0.15, 0.2) is 42.5 Å². The first-order valence-electron chi connectivity index (χ1n) is 7.88. The number of halogens is 1. The van der Waals surface area contributed by atoms with E-state index in [1.165, 1.54) is 12.1 Å². The van der Waals surface area contributed by atoms with Gasteiger partial charge in [-0.2, -0.15) is 0 Å². The van der Waals surface area contributed by atoms with Crippen LogP contribution in [-0.4, -0.2) is 46.8 Å². The predicted octanol–water partition coefficient (Wildman–Crippen LogP) is 2.56. The van der Waals surface area contributed by atoms with E-state index in [-0.39, 0.29) is 18.3 Å². The quantitative estimate of drug-likeness (QED) is 0.913. The number of aromatic nitrogens is 1. The normalized spacial score (nSPS) is 18.5. The van der Waals surface area contributed by atoms with Gasteiger partial charge in [0.05, 0.1) is 30.5 Å². The lowest BCUT2D eigenvalue weighted by molar-refractivity contribution is -0.142. The van der Waals surface area contributed by atoms with Crippen molar-refractivity contribution in [2.24, 2.45) is 0 Å². The molecule has 0 radical (unpaired) electrons. The average molecular weight is 330 g/mol. The maximum Gasteiger partial charge on any atom is 0.306 e.